The summed E-state index contributed by atoms with van der Waals surface area (Å²) in [4.78, 5) is 27.7. The van der Waals surface area contributed by atoms with Gasteiger partial charge >= 0.3 is 6.18 Å². The van der Waals surface area contributed by atoms with E-state index >= 15 is 0 Å². The first-order valence-electron chi connectivity index (χ1n) is 12.8. The van der Waals surface area contributed by atoms with E-state index in [4.69, 9.17) is 11.6 Å². The van der Waals surface area contributed by atoms with Crippen LogP contribution in [0.2, 0.25) is 5.02 Å². The first-order chi connectivity index (χ1) is 19.2. The summed E-state index contributed by atoms with van der Waals surface area (Å²) in [6.45, 7) is 4.23. The number of halogens is 4. The first-order valence-corrected chi connectivity index (χ1v) is 14.6. The maximum atomic E-state index is 13.8. The number of alkyl halides is 3. The minimum atomic E-state index is -4.87. The lowest BCUT2D eigenvalue weighted by atomic mass is 10.1. The maximum Gasteiger partial charge on any atom is 0.417 e. The molecule has 220 valence electrons. The Morgan fingerprint density at radius 2 is 1.51 bits per heavy atom. The van der Waals surface area contributed by atoms with Gasteiger partial charge in [0, 0.05) is 12.6 Å². The second-order valence-electron chi connectivity index (χ2n) is 9.65. The second kappa shape index (κ2) is 13.4. The summed E-state index contributed by atoms with van der Waals surface area (Å²) in [7, 11) is -4.52. The highest BCUT2D eigenvalue weighted by Crippen LogP contribution is 2.38. The zero-order chi connectivity index (χ0) is 30.4. The SMILES string of the molecule is CC(C)NC(=O)C(C)N(CCc1ccccc1)C(=O)CN(c1ccc(Cl)c(C(F)(F)F)c1)S(=O)(=O)c1ccccc1. The second-order valence-corrected chi connectivity index (χ2v) is 11.9. The molecule has 12 heteroatoms. The van der Waals surface area contributed by atoms with E-state index in [1.165, 1.54) is 36.1 Å². The third kappa shape index (κ3) is 8.23. The number of hydrogen-bond acceptors (Lipinski definition) is 4. The molecule has 41 heavy (non-hydrogen) atoms. The van der Waals surface area contributed by atoms with E-state index in [9.17, 15) is 31.2 Å². The Morgan fingerprint density at radius 3 is 2.07 bits per heavy atom. The Labute approximate surface area is 243 Å². The smallest absolute Gasteiger partial charge is 0.352 e. The van der Waals surface area contributed by atoms with E-state index in [-0.39, 0.29) is 17.5 Å². The molecule has 0 saturated carbocycles. The van der Waals surface area contributed by atoms with Gasteiger partial charge in [0.1, 0.15) is 12.6 Å². The van der Waals surface area contributed by atoms with E-state index in [2.05, 4.69) is 5.32 Å². The molecular weight excluding hydrogens is 579 g/mol. The average Bonchev–Trinajstić information content (AvgIpc) is 2.92. The van der Waals surface area contributed by atoms with Crippen LogP contribution in [0, 0.1) is 0 Å². The van der Waals surface area contributed by atoms with Crippen molar-refractivity contribution in [1.29, 1.82) is 0 Å². The van der Waals surface area contributed by atoms with Crippen LogP contribution in [0.4, 0.5) is 18.9 Å². The third-order valence-electron chi connectivity index (χ3n) is 6.24. The zero-order valence-electron chi connectivity index (χ0n) is 22.7. The average molecular weight is 610 g/mol. The van der Waals surface area contributed by atoms with E-state index < -0.39 is 56.9 Å². The molecule has 3 aromatic rings. The molecule has 2 amide bonds. The summed E-state index contributed by atoms with van der Waals surface area (Å²) in [5, 5.41) is 2.13. The molecule has 0 aliphatic carbocycles. The number of benzene rings is 3. The van der Waals surface area contributed by atoms with Crippen molar-refractivity contribution in [2.75, 3.05) is 17.4 Å². The van der Waals surface area contributed by atoms with Crippen molar-refractivity contribution in [3.63, 3.8) is 0 Å². The van der Waals surface area contributed by atoms with Crippen LogP contribution in [0.1, 0.15) is 31.9 Å². The van der Waals surface area contributed by atoms with Crippen molar-refractivity contribution in [2.45, 2.75) is 50.3 Å². The predicted octanol–water partition coefficient (Wildman–Crippen LogP) is 5.54. The molecule has 0 aliphatic rings. The van der Waals surface area contributed by atoms with Gasteiger partial charge in [-0.05, 0) is 63.1 Å². The van der Waals surface area contributed by atoms with Gasteiger partial charge < -0.3 is 10.2 Å². The molecule has 3 aromatic carbocycles. The summed E-state index contributed by atoms with van der Waals surface area (Å²) in [5.41, 5.74) is -0.771. The molecule has 0 radical (unpaired) electrons. The van der Waals surface area contributed by atoms with Crippen molar-refractivity contribution in [1.82, 2.24) is 10.2 Å². The topological polar surface area (TPSA) is 86.8 Å². The zero-order valence-corrected chi connectivity index (χ0v) is 24.3. The number of nitrogens with zero attached hydrogens (tertiary/aromatic N) is 2. The molecule has 0 bridgehead atoms. The van der Waals surface area contributed by atoms with Crippen LogP contribution in [0.5, 0.6) is 0 Å². The summed E-state index contributed by atoms with van der Waals surface area (Å²) >= 11 is 5.78. The number of amides is 2. The molecule has 0 saturated heterocycles. The Kier molecular flexibility index (Phi) is 10.4. The third-order valence-corrected chi connectivity index (χ3v) is 8.35. The summed E-state index contributed by atoms with van der Waals surface area (Å²) in [6, 6.07) is 17.6. The van der Waals surface area contributed by atoms with Crippen molar-refractivity contribution in [3.8, 4) is 0 Å². The Bertz CT molecular complexity index is 1450. The molecule has 0 aromatic heterocycles. The molecule has 3 rings (SSSR count). The Balaban J connectivity index is 2.06. The van der Waals surface area contributed by atoms with Gasteiger partial charge in [-0.15, -0.1) is 0 Å². The minimum absolute atomic E-state index is 0.0587. The number of sulfonamides is 1. The van der Waals surface area contributed by atoms with E-state index in [1.807, 2.05) is 30.3 Å². The monoisotopic (exact) mass is 609 g/mol. The molecule has 0 spiro atoms. The summed E-state index contributed by atoms with van der Waals surface area (Å²) in [6.07, 6.45) is -4.51. The van der Waals surface area contributed by atoms with E-state index in [0.717, 1.165) is 17.7 Å². The number of nitrogens with one attached hydrogen (secondary N) is 1. The van der Waals surface area contributed by atoms with Crippen LogP contribution in [0.15, 0.2) is 83.8 Å². The normalized spacial score (nSPS) is 12.6. The fourth-order valence-corrected chi connectivity index (χ4v) is 5.76. The molecule has 7 nitrogen and oxygen atoms in total. The van der Waals surface area contributed by atoms with Gasteiger partial charge in [-0.3, -0.25) is 13.9 Å². The fourth-order valence-electron chi connectivity index (χ4n) is 4.11. The standard InChI is InChI=1S/C29H31ClF3N3O4S/c1-20(2)34-28(38)21(3)35(17-16-22-10-6-4-7-11-22)27(37)19-36(41(39,40)24-12-8-5-9-13-24)23-14-15-26(30)25(18-23)29(31,32)33/h4-15,18,20-21H,16-17,19H2,1-3H3,(H,34,38). The van der Waals surface area contributed by atoms with Crippen LogP contribution < -0.4 is 9.62 Å². The highest BCUT2D eigenvalue weighted by Gasteiger charge is 2.36. The number of carbonyl (C=O) groups is 2. The molecule has 0 heterocycles. The van der Waals surface area contributed by atoms with Gasteiger partial charge in [-0.25, -0.2) is 8.42 Å². The highest BCUT2D eigenvalue weighted by atomic mass is 35.5. The van der Waals surface area contributed by atoms with Crippen molar-refractivity contribution < 1.29 is 31.2 Å². The molecule has 0 fully saturated rings. The van der Waals surface area contributed by atoms with Gasteiger partial charge in [0.15, 0.2) is 0 Å². The lowest BCUT2D eigenvalue weighted by Crippen LogP contribution is -2.53. The molecule has 1 unspecified atom stereocenters. The largest absolute Gasteiger partial charge is 0.417 e. The number of anilines is 1. The van der Waals surface area contributed by atoms with Gasteiger partial charge in [0.25, 0.3) is 10.0 Å². The number of rotatable bonds is 11. The van der Waals surface area contributed by atoms with Crippen LogP contribution in [-0.4, -0.2) is 50.3 Å². The number of hydrogen-bond donors (Lipinski definition) is 1. The summed E-state index contributed by atoms with van der Waals surface area (Å²) in [5.74, 6) is -1.22. The van der Waals surface area contributed by atoms with Crippen LogP contribution in [-0.2, 0) is 32.2 Å². The summed E-state index contributed by atoms with van der Waals surface area (Å²) < 4.78 is 69.1. The lowest BCUT2D eigenvalue weighted by Gasteiger charge is -2.32. The molecule has 0 aliphatic heterocycles. The highest BCUT2D eigenvalue weighted by molar-refractivity contribution is 7.92. The van der Waals surface area contributed by atoms with Gasteiger partial charge in [0.05, 0.1) is 21.2 Å². The van der Waals surface area contributed by atoms with Crippen LogP contribution >= 0.6 is 11.6 Å². The molecule has 1 atom stereocenters. The van der Waals surface area contributed by atoms with Gasteiger partial charge in [-0.2, -0.15) is 13.2 Å². The predicted molar refractivity (Wildman–Crippen MR) is 152 cm³/mol. The van der Waals surface area contributed by atoms with Crippen LogP contribution in [0.25, 0.3) is 0 Å². The van der Waals surface area contributed by atoms with Gasteiger partial charge in [-0.1, -0.05) is 60.1 Å². The van der Waals surface area contributed by atoms with Crippen molar-refractivity contribution in [2.24, 2.45) is 0 Å². The first kappa shape index (κ1) is 32.0. The van der Waals surface area contributed by atoms with Crippen molar-refractivity contribution >= 4 is 39.1 Å². The van der Waals surface area contributed by atoms with Crippen LogP contribution in [0.3, 0.4) is 0 Å². The molecule has 1 N–H and O–H groups in total. The molecular formula is C29H31ClF3N3O4S. The van der Waals surface area contributed by atoms with E-state index in [1.54, 1.807) is 19.9 Å². The Morgan fingerprint density at radius 1 is 0.927 bits per heavy atom. The van der Waals surface area contributed by atoms with Gasteiger partial charge in [0.2, 0.25) is 11.8 Å². The lowest BCUT2D eigenvalue weighted by molar-refractivity contribution is -0.139. The quantitative estimate of drug-likeness (QED) is 0.309. The van der Waals surface area contributed by atoms with E-state index in [0.29, 0.717) is 16.8 Å². The number of carbonyl (C=O) groups excluding carboxylic acids is 2. The Hall–Kier alpha value is -3.57. The van der Waals surface area contributed by atoms with Crippen molar-refractivity contribution in [3.05, 3.63) is 95.0 Å². The fraction of sp³-hybridized carbons (Fsp3) is 0.310. The maximum absolute atomic E-state index is 13.8. The minimum Gasteiger partial charge on any atom is -0.352 e.